The standard InChI is InChI=1S/C20H28N4O2/c1-4-26-20(25)23-12-10-17(11-13-23)22-15(2)19-14-21-24(16(19)3)18-8-6-5-7-9-18/h5-9,14-15,17,22H,4,10-13H2,1-3H3/t15-/m0/s1. The van der Waals surface area contributed by atoms with E-state index in [9.17, 15) is 4.79 Å². The molecule has 0 radical (unpaired) electrons. The minimum Gasteiger partial charge on any atom is -0.450 e. The number of nitrogens with one attached hydrogen (secondary N) is 1. The van der Waals surface area contributed by atoms with Crippen LogP contribution in [0.15, 0.2) is 36.5 Å². The molecule has 2 aromatic rings. The number of aromatic nitrogens is 2. The number of amides is 1. The largest absolute Gasteiger partial charge is 0.450 e. The van der Waals surface area contributed by atoms with Crippen molar-refractivity contribution in [3.8, 4) is 5.69 Å². The normalized spacial score (nSPS) is 16.5. The lowest BCUT2D eigenvalue weighted by Gasteiger charge is -2.33. The molecule has 6 nitrogen and oxygen atoms in total. The van der Waals surface area contributed by atoms with Crippen LogP contribution in [0.2, 0.25) is 0 Å². The Bertz CT molecular complexity index is 721. The molecule has 140 valence electrons. The molecule has 1 atom stereocenters. The number of hydrogen-bond acceptors (Lipinski definition) is 4. The van der Waals surface area contributed by atoms with Crippen LogP contribution in [-0.2, 0) is 4.74 Å². The monoisotopic (exact) mass is 356 g/mol. The van der Waals surface area contributed by atoms with Crippen LogP contribution < -0.4 is 5.32 Å². The fraction of sp³-hybridized carbons (Fsp3) is 0.500. The molecule has 1 aromatic heterocycles. The van der Waals surface area contributed by atoms with Gasteiger partial charge in [0.15, 0.2) is 0 Å². The van der Waals surface area contributed by atoms with E-state index in [0.29, 0.717) is 12.6 Å². The highest BCUT2D eigenvalue weighted by molar-refractivity contribution is 5.67. The van der Waals surface area contributed by atoms with Crippen LogP contribution >= 0.6 is 0 Å². The van der Waals surface area contributed by atoms with Crippen molar-refractivity contribution in [2.75, 3.05) is 19.7 Å². The minimum atomic E-state index is -0.195. The highest BCUT2D eigenvalue weighted by Gasteiger charge is 2.25. The molecule has 1 aliphatic rings. The highest BCUT2D eigenvalue weighted by atomic mass is 16.6. The maximum atomic E-state index is 11.8. The third kappa shape index (κ3) is 4.07. The van der Waals surface area contributed by atoms with Crippen molar-refractivity contribution in [1.82, 2.24) is 20.0 Å². The van der Waals surface area contributed by atoms with Crippen LogP contribution in [0.25, 0.3) is 5.69 Å². The Morgan fingerprint density at radius 1 is 1.31 bits per heavy atom. The molecule has 26 heavy (non-hydrogen) atoms. The van der Waals surface area contributed by atoms with Crippen molar-refractivity contribution in [2.24, 2.45) is 0 Å². The molecule has 2 heterocycles. The van der Waals surface area contributed by atoms with Gasteiger partial charge in [0.2, 0.25) is 0 Å². The smallest absolute Gasteiger partial charge is 0.409 e. The third-order valence-electron chi connectivity index (χ3n) is 5.02. The van der Waals surface area contributed by atoms with Crippen molar-refractivity contribution in [2.45, 2.75) is 45.7 Å². The number of rotatable bonds is 5. The van der Waals surface area contributed by atoms with Gasteiger partial charge in [0, 0.05) is 36.4 Å². The molecule has 6 heteroatoms. The van der Waals surface area contributed by atoms with Crippen LogP contribution in [0.4, 0.5) is 4.79 Å². The zero-order valence-electron chi connectivity index (χ0n) is 15.8. The lowest BCUT2D eigenvalue weighted by molar-refractivity contribution is 0.0943. The van der Waals surface area contributed by atoms with E-state index in [4.69, 9.17) is 4.74 Å². The predicted molar refractivity (Wildman–Crippen MR) is 101 cm³/mol. The first-order valence-electron chi connectivity index (χ1n) is 9.37. The van der Waals surface area contributed by atoms with E-state index in [1.165, 1.54) is 5.56 Å². The highest BCUT2D eigenvalue weighted by Crippen LogP contribution is 2.22. The molecule has 0 spiro atoms. The van der Waals surface area contributed by atoms with Crippen molar-refractivity contribution >= 4 is 6.09 Å². The number of likely N-dealkylation sites (tertiary alicyclic amines) is 1. The van der Waals surface area contributed by atoms with E-state index in [-0.39, 0.29) is 12.1 Å². The molecule has 1 aromatic carbocycles. The molecular formula is C20H28N4O2. The van der Waals surface area contributed by atoms with Crippen LogP contribution in [0.3, 0.4) is 0 Å². The van der Waals surface area contributed by atoms with Gasteiger partial charge in [-0.3, -0.25) is 0 Å². The number of hydrogen-bond donors (Lipinski definition) is 1. The molecular weight excluding hydrogens is 328 g/mol. The summed E-state index contributed by atoms with van der Waals surface area (Å²) in [4.78, 5) is 13.6. The topological polar surface area (TPSA) is 59.4 Å². The van der Waals surface area contributed by atoms with Gasteiger partial charge in [-0.1, -0.05) is 18.2 Å². The van der Waals surface area contributed by atoms with E-state index in [0.717, 1.165) is 37.3 Å². The average molecular weight is 356 g/mol. The second kappa shape index (κ2) is 8.36. The zero-order valence-corrected chi connectivity index (χ0v) is 15.8. The number of benzene rings is 1. The van der Waals surface area contributed by atoms with Gasteiger partial charge in [-0.05, 0) is 45.7 Å². The molecule has 1 aliphatic heterocycles. The fourth-order valence-corrected chi connectivity index (χ4v) is 3.56. The summed E-state index contributed by atoms with van der Waals surface area (Å²) in [5, 5.41) is 8.26. The molecule has 0 bridgehead atoms. The summed E-state index contributed by atoms with van der Waals surface area (Å²) in [6.07, 6.45) is 3.64. The average Bonchev–Trinajstić information content (AvgIpc) is 3.05. The third-order valence-corrected chi connectivity index (χ3v) is 5.02. The Balaban J connectivity index is 1.59. The Kier molecular flexibility index (Phi) is 5.93. The second-order valence-electron chi connectivity index (χ2n) is 6.78. The van der Waals surface area contributed by atoms with Gasteiger partial charge in [0.1, 0.15) is 0 Å². The lowest BCUT2D eigenvalue weighted by Crippen LogP contribution is -2.45. The van der Waals surface area contributed by atoms with E-state index in [2.05, 4.69) is 36.4 Å². The zero-order chi connectivity index (χ0) is 18.5. The van der Waals surface area contributed by atoms with E-state index in [1.807, 2.05) is 36.0 Å². The first-order chi connectivity index (χ1) is 12.6. The summed E-state index contributed by atoms with van der Waals surface area (Å²) >= 11 is 0. The molecule has 1 saturated heterocycles. The summed E-state index contributed by atoms with van der Waals surface area (Å²) < 4.78 is 7.07. The summed E-state index contributed by atoms with van der Waals surface area (Å²) in [5.74, 6) is 0. The second-order valence-corrected chi connectivity index (χ2v) is 6.78. The van der Waals surface area contributed by atoms with Crippen LogP contribution in [0.5, 0.6) is 0 Å². The number of carbonyl (C=O) groups is 1. The molecule has 1 N–H and O–H groups in total. The number of nitrogens with zero attached hydrogens (tertiary/aromatic N) is 3. The first kappa shape index (κ1) is 18.5. The van der Waals surface area contributed by atoms with Crippen molar-refractivity contribution in [1.29, 1.82) is 0 Å². The van der Waals surface area contributed by atoms with Crippen LogP contribution in [-0.4, -0.2) is 46.5 Å². The first-order valence-corrected chi connectivity index (χ1v) is 9.37. The Labute approximate surface area is 155 Å². The van der Waals surface area contributed by atoms with Crippen molar-refractivity contribution in [3.05, 3.63) is 47.8 Å². The summed E-state index contributed by atoms with van der Waals surface area (Å²) in [6.45, 7) is 8.04. The fourth-order valence-electron chi connectivity index (χ4n) is 3.56. The summed E-state index contributed by atoms with van der Waals surface area (Å²) in [7, 11) is 0. The number of piperidine rings is 1. The quantitative estimate of drug-likeness (QED) is 0.891. The molecule has 3 rings (SSSR count). The molecule has 0 aliphatic carbocycles. The number of ether oxygens (including phenoxy) is 1. The van der Waals surface area contributed by atoms with Crippen LogP contribution in [0, 0.1) is 6.92 Å². The van der Waals surface area contributed by atoms with Gasteiger partial charge < -0.3 is 15.0 Å². The van der Waals surface area contributed by atoms with E-state index >= 15 is 0 Å². The molecule has 1 amide bonds. The van der Waals surface area contributed by atoms with Crippen molar-refractivity contribution in [3.63, 3.8) is 0 Å². The van der Waals surface area contributed by atoms with Gasteiger partial charge >= 0.3 is 6.09 Å². The molecule has 0 unspecified atom stereocenters. The minimum absolute atomic E-state index is 0.195. The number of carbonyl (C=O) groups excluding carboxylic acids is 1. The predicted octanol–water partition coefficient (Wildman–Crippen LogP) is 3.45. The summed E-state index contributed by atoms with van der Waals surface area (Å²) in [6, 6.07) is 10.8. The lowest BCUT2D eigenvalue weighted by atomic mass is 10.0. The maximum Gasteiger partial charge on any atom is 0.409 e. The Hall–Kier alpha value is -2.34. The van der Waals surface area contributed by atoms with Gasteiger partial charge in [0.25, 0.3) is 0 Å². The van der Waals surface area contributed by atoms with E-state index < -0.39 is 0 Å². The maximum absolute atomic E-state index is 11.8. The Morgan fingerprint density at radius 3 is 2.65 bits per heavy atom. The summed E-state index contributed by atoms with van der Waals surface area (Å²) in [5.41, 5.74) is 3.44. The van der Waals surface area contributed by atoms with Crippen LogP contribution in [0.1, 0.15) is 44.0 Å². The molecule has 1 fully saturated rings. The number of para-hydroxylation sites is 1. The molecule has 0 saturated carbocycles. The SMILES string of the molecule is CCOC(=O)N1CCC(N[C@@H](C)c2cnn(-c3ccccc3)c2C)CC1. The van der Waals surface area contributed by atoms with E-state index in [1.54, 1.807) is 4.90 Å². The van der Waals surface area contributed by atoms with Gasteiger partial charge in [-0.25, -0.2) is 9.48 Å². The van der Waals surface area contributed by atoms with Crippen molar-refractivity contribution < 1.29 is 9.53 Å². The van der Waals surface area contributed by atoms with Gasteiger partial charge in [0.05, 0.1) is 18.5 Å². The van der Waals surface area contributed by atoms with Gasteiger partial charge in [-0.15, -0.1) is 0 Å². The van der Waals surface area contributed by atoms with Gasteiger partial charge in [-0.2, -0.15) is 5.10 Å². The Morgan fingerprint density at radius 2 is 2.00 bits per heavy atom.